The number of benzene rings is 1. The monoisotopic (exact) mass is 247 g/mol. The van der Waals surface area contributed by atoms with E-state index in [9.17, 15) is 15.0 Å². The number of aromatic hydroxyl groups is 2. The first kappa shape index (κ1) is 12.1. The van der Waals surface area contributed by atoms with Gasteiger partial charge in [-0.1, -0.05) is 13.8 Å². The van der Waals surface area contributed by atoms with Crippen molar-refractivity contribution in [2.75, 3.05) is 0 Å². The highest BCUT2D eigenvalue weighted by Crippen LogP contribution is 2.30. The van der Waals surface area contributed by atoms with Crippen molar-refractivity contribution < 1.29 is 15.0 Å². The van der Waals surface area contributed by atoms with Gasteiger partial charge in [-0.3, -0.25) is 4.79 Å². The molecule has 6 nitrogen and oxygen atoms in total. The van der Waals surface area contributed by atoms with Gasteiger partial charge in [-0.15, -0.1) is 0 Å². The summed E-state index contributed by atoms with van der Waals surface area (Å²) in [6.07, 6.45) is 1.97. The first-order valence-electron chi connectivity index (χ1n) is 5.46. The zero-order valence-electron chi connectivity index (χ0n) is 10.0. The predicted molar refractivity (Wildman–Crippen MR) is 64.2 cm³/mol. The number of hydrogen-bond acceptors (Lipinski definition) is 5. The zero-order valence-corrected chi connectivity index (χ0v) is 10.0. The molecule has 0 spiro atoms. The fourth-order valence-corrected chi connectivity index (χ4v) is 1.51. The van der Waals surface area contributed by atoms with Crippen LogP contribution in [0.4, 0.5) is 0 Å². The second-order valence-corrected chi connectivity index (χ2v) is 4.22. The Hall–Kier alpha value is -2.37. The smallest absolute Gasteiger partial charge is 0.168 e. The van der Waals surface area contributed by atoms with Crippen LogP contribution in [0.2, 0.25) is 0 Å². The van der Waals surface area contributed by atoms with Crippen LogP contribution in [0.3, 0.4) is 0 Å². The normalized spacial score (nSPS) is 10.8. The summed E-state index contributed by atoms with van der Waals surface area (Å²) in [4.78, 5) is 14.9. The first-order chi connectivity index (χ1) is 8.52. The molecule has 0 saturated heterocycles. The van der Waals surface area contributed by atoms with Gasteiger partial charge in [-0.05, 0) is 6.07 Å². The van der Waals surface area contributed by atoms with E-state index in [0.29, 0.717) is 17.8 Å². The Morgan fingerprint density at radius 1 is 1.33 bits per heavy atom. The fourth-order valence-electron chi connectivity index (χ4n) is 1.51. The molecule has 0 aliphatic rings. The molecule has 6 heteroatoms. The number of aromatic nitrogens is 3. The number of nitrogens with zero attached hydrogens (tertiary/aromatic N) is 3. The molecule has 0 fully saturated rings. The lowest BCUT2D eigenvalue weighted by Gasteiger charge is -2.05. The average molecular weight is 247 g/mol. The molecular formula is C12H13N3O3. The van der Waals surface area contributed by atoms with Crippen molar-refractivity contribution >= 4 is 6.29 Å². The molecule has 0 aliphatic heterocycles. The lowest BCUT2D eigenvalue weighted by Crippen LogP contribution is -1.98. The van der Waals surface area contributed by atoms with Crippen LogP contribution in [-0.2, 0) is 0 Å². The van der Waals surface area contributed by atoms with E-state index in [-0.39, 0.29) is 17.2 Å². The van der Waals surface area contributed by atoms with Gasteiger partial charge >= 0.3 is 0 Å². The van der Waals surface area contributed by atoms with Crippen molar-refractivity contribution in [2.45, 2.75) is 19.8 Å². The van der Waals surface area contributed by atoms with Gasteiger partial charge in [0.05, 0.1) is 11.3 Å². The summed E-state index contributed by atoms with van der Waals surface area (Å²) in [5.74, 6) is 0.0480. The molecule has 18 heavy (non-hydrogen) atoms. The van der Waals surface area contributed by atoms with E-state index in [1.807, 2.05) is 13.8 Å². The number of carbonyl (C=O) groups excluding carboxylic acids is 1. The van der Waals surface area contributed by atoms with Crippen molar-refractivity contribution in [1.82, 2.24) is 14.8 Å². The van der Waals surface area contributed by atoms with Gasteiger partial charge < -0.3 is 10.2 Å². The van der Waals surface area contributed by atoms with Gasteiger partial charge in [0.15, 0.2) is 23.6 Å². The third kappa shape index (κ3) is 2.04. The van der Waals surface area contributed by atoms with Gasteiger partial charge in [-0.25, -0.2) is 9.67 Å². The molecule has 2 aromatic rings. The highest BCUT2D eigenvalue weighted by molar-refractivity contribution is 5.82. The molecule has 1 heterocycles. The second kappa shape index (κ2) is 4.48. The summed E-state index contributed by atoms with van der Waals surface area (Å²) in [7, 11) is 0. The van der Waals surface area contributed by atoms with Crippen LogP contribution in [-0.4, -0.2) is 31.3 Å². The molecule has 1 aromatic carbocycles. The van der Waals surface area contributed by atoms with Crippen molar-refractivity contribution in [3.8, 4) is 17.2 Å². The summed E-state index contributed by atoms with van der Waals surface area (Å²) in [5, 5.41) is 23.2. The molecule has 0 atom stereocenters. The van der Waals surface area contributed by atoms with E-state index in [1.54, 1.807) is 0 Å². The second-order valence-electron chi connectivity index (χ2n) is 4.22. The first-order valence-corrected chi connectivity index (χ1v) is 5.46. The highest BCUT2D eigenvalue weighted by Gasteiger charge is 2.12. The molecule has 94 valence electrons. The summed E-state index contributed by atoms with van der Waals surface area (Å²) < 4.78 is 1.45. The van der Waals surface area contributed by atoms with Crippen molar-refractivity contribution in [2.24, 2.45) is 0 Å². The standard InChI is InChI=1S/C12H13N3O3/c1-7(2)12-13-6-15(14-12)9-3-8(5-16)11(18)10(17)4-9/h3-7,17-18H,1-2H3. The van der Waals surface area contributed by atoms with E-state index in [0.717, 1.165) is 0 Å². The third-order valence-electron chi connectivity index (χ3n) is 2.52. The lowest BCUT2D eigenvalue weighted by atomic mass is 10.2. The minimum atomic E-state index is -0.432. The molecule has 0 unspecified atom stereocenters. The lowest BCUT2D eigenvalue weighted by molar-refractivity contribution is 0.112. The molecule has 2 N–H and O–H groups in total. The molecule has 0 bridgehead atoms. The Kier molecular flexibility index (Phi) is 3.01. The van der Waals surface area contributed by atoms with Crippen LogP contribution < -0.4 is 0 Å². The van der Waals surface area contributed by atoms with Crippen molar-refractivity contribution in [1.29, 1.82) is 0 Å². The summed E-state index contributed by atoms with van der Waals surface area (Å²) in [5.41, 5.74) is 0.471. The number of carbonyl (C=O) groups is 1. The SMILES string of the molecule is CC(C)c1ncn(-c2cc(O)c(O)c(C=O)c2)n1. The molecular weight excluding hydrogens is 234 g/mol. The number of hydrogen-bond donors (Lipinski definition) is 2. The summed E-state index contributed by atoms with van der Waals surface area (Å²) >= 11 is 0. The van der Waals surface area contributed by atoms with Crippen LogP contribution in [0.25, 0.3) is 5.69 Å². The Morgan fingerprint density at radius 2 is 2.06 bits per heavy atom. The van der Waals surface area contributed by atoms with E-state index in [1.165, 1.54) is 23.1 Å². The Labute approximate surface area is 104 Å². The van der Waals surface area contributed by atoms with Gasteiger partial charge in [0.1, 0.15) is 6.33 Å². The Morgan fingerprint density at radius 3 is 2.61 bits per heavy atom. The van der Waals surface area contributed by atoms with E-state index >= 15 is 0 Å². The van der Waals surface area contributed by atoms with Crippen molar-refractivity contribution in [3.63, 3.8) is 0 Å². The predicted octanol–water partition coefficient (Wildman–Crippen LogP) is 1.61. The van der Waals surface area contributed by atoms with Crippen LogP contribution in [0.15, 0.2) is 18.5 Å². The summed E-state index contributed by atoms with van der Waals surface area (Å²) in [6, 6.07) is 2.75. The minimum Gasteiger partial charge on any atom is -0.504 e. The maximum atomic E-state index is 10.8. The quantitative estimate of drug-likeness (QED) is 0.635. The molecule has 0 amide bonds. The third-order valence-corrected chi connectivity index (χ3v) is 2.52. The van der Waals surface area contributed by atoms with E-state index in [4.69, 9.17) is 0 Å². The van der Waals surface area contributed by atoms with Gasteiger partial charge in [0, 0.05) is 12.0 Å². The maximum absolute atomic E-state index is 10.8. The number of phenols is 2. The topological polar surface area (TPSA) is 88.2 Å². The van der Waals surface area contributed by atoms with Crippen molar-refractivity contribution in [3.05, 3.63) is 29.8 Å². The van der Waals surface area contributed by atoms with Gasteiger partial charge in [0.25, 0.3) is 0 Å². The fraction of sp³-hybridized carbons (Fsp3) is 0.250. The Balaban J connectivity index is 2.50. The van der Waals surface area contributed by atoms with Crippen LogP contribution in [0, 0.1) is 0 Å². The van der Waals surface area contributed by atoms with Gasteiger partial charge in [0.2, 0.25) is 0 Å². The maximum Gasteiger partial charge on any atom is 0.168 e. The van der Waals surface area contributed by atoms with Crippen LogP contribution in [0.1, 0.15) is 35.9 Å². The highest BCUT2D eigenvalue weighted by atomic mass is 16.3. The number of aldehydes is 1. The van der Waals surface area contributed by atoms with E-state index in [2.05, 4.69) is 10.1 Å². The minimum absolute atomic E-state index is 0.00611. The molecule has 0 radical (unpaired) electrons. The summed E-state index contributed by atoms with van der Waals surface area (Å²) in [6.45, 7) is 3.93. The number of phenolic OH excluding ortho intramolecular Hbond substituents is 2. The largest absolute Gasteiger partial charge is 0.504 e. The van der Waals surface area contributed by atoms with Crippen LogP contribution >= 0.6 is 0 Å². The van der Waals surface area contributed by atoms with Crippen LogP contribution in [0.5, 0.6) is 11.5 Å². The Bertz CT molecular complexity index is 590. The number of rotatable bonds is 3. The van der Waals surface area contributed by atoms with E-state index < -0.39 is 5.75 Å². The molecule has 2 rings (SSSR count). The van der Waals surface area contributed by atoms with Gasteiger partial charge in [-0.2, -0.15) is 5.10 Å². The average Bonchev–Trinajstić information content (AvgIpc) is 2.82. The molecule has 0 saturated carbocycles. The molecule has 0 aliphatic carbocycles. The molecule has 1 aromatic heterocycles. The zero-order chi connectivity index (χ0) is 13.3.